The Balaban J connectivity index is 1.51. The molecule has 1 aromatic rings. The first-order chi connectivity index (χ1) is 11.9. The maximum Gasteiger partial charge on any atom is 0.319 e. The zero-order valence-electron chi connectivity index (χ0n) is 14.7. The van der Waals surface area contributed by atoms with E-state index >= 15 is 0 Å². The van der Waals surface area contributed by atoms with Crippen LogP contribution < -0.4 is 20.1 Å². The second-order valence-corrected chi connectivity index (χ2v) is 8.51. The van der Waals surface area contributed by atoms with E-state index in [4.69, 9.17) is 9.47 Å². The summed E-state index contributed by atoms with van der Waals surface area (Å²) in [4.78, 5) is 14.5. The lowest BCUT2D eigenvalue weighted by molar-refractivity contribution is 0.133. The van der Waals surface area contributed by atoms with Crippen LogP contribution in [0, 0.1) is 0 Å². The molecule has 2 aliphatic heterocycles. The summed E-state index contributed by atoms with van der Waals surface area (Å²) in [5, 5.41) is 5.74. The van der Waals surface area contributed by atoms with Gasteiger partial charge in [-0.05, 0) is 26.0 Å². The van der Waals surface area contributed by atoms with Gasteiger partial charge in [-0.25, -0.2) is 4.79 Å². The van der Waals surface area contributed by atoms with E-state index in [-0.39, 0.29) is 11.6 Å². The average Bonchev–Trinajstić information content (AvgIpc) is 2.60. The van der Waals surface area contributed by atoms with Crippen molar-refractivity contribution in [2.45, 2.75) is 19.4 Å². The lowest BCUT2D eigenvalue weighted by Gasteiger charge is -2.40. The van der Waals surface area contributed by atoms with Crippen molar-refractivity contribution in [2.75, 3.05) is 49.7 Å². The summed E-state index contributed by atoms with van der Waals surface area (Å²) in [6.07, 6.45) is 0. The summed E-state index contributed by atoms with van der Waals surface area (Å²) in [5.74, 6) is 2.74. The van der Waals surface area contributed by atoms with E-state index in [1.165, 1.54) is 0 Å². The van der Waals surface area contributed by atoms with Gasteiger partial charge < -0.3 is 20.1 Å². The third-order valence-corrected chi connectivity index (χ3v) is 5.79. The molecule has 138 valence electrons. The Morgan fingerprint density at radius 3 is 2.60 bits per heavy atom. The van der Waals surface area contributed by atoms with E-state index in [1.54, 1.807) is 18.2 Å². The number of hydrogen-bond donors (Lipinski definition) is 2. The van der Waals surface area contributed by atoms with Gasteiger partial charge in [0, 0.05) is 59.2 Å². The van der Waals surface area contributed by atoms with Gasteiger partial charge in [-0.15, -0.1) is 0 Å². The monoisotopic (exact) mass is 367 g/mol. The zero-order chi connectivity index (χ0) is 17.9. The Labute approximate surface area is 150 Å². The highest BCUT2D eigenvalue weighted by Crippen LogP contribution is 2.32. The minimum Gasteiger partial charge on any atom is -0.486 e. The Bertz CT molecular complexity index is 655. The van der Waals surface area contributed by atoms with Crippen LogP contribution in [0.2, 0.25) is 0 Å². The van der Waals surface area contributed by atoms with E-state index in [0.29, 0.717) is 48.5 Å². The van der Waals surface area contributed by atoms with Gasteiger partial charge in [-0.1, -0.05) is 0 Å². The lowest BCUT2D eigenvalue weighted by Crippen LogP contribution is -2.56. The molecule has 0 atom stereocenters. The summed E-state index contributed by atoms with van der Waals surface area (Å²) in [5.41, 5.74) is 0.474. The van der Waals surface area contributed by atoms with E-state index in [2.05, 4.69) is 29.4 Å². The van der Waals surface area contributed by atoms with Crippen LogP contribution in [0.3, 0.4) is 0 Å². The molecule has 2 aliphatic rings. The molecule has 1 aromatic carbocycles. The Morgan fingerprint density at radius 2 is 1.88 bits per heavy atom. The molecule has 1 saturated heterocycles. The molecule has 3 rings (SSSR count). The zero-order valence-corrected chi connectivity index (χ0v) is 15.5. The second-order valence-electron chi connectivity index (χ2n) is 6.81. The first kappa shape index (κ1) is 18.0. The Kier molecular flexibility index (Phi) is 5.48. The van der Waals surface area contributed by atoms with E-state index in [1.807, 2.05) is 0 Å². The number of amides is 2. The third-order valence-electron chi connectivity index (χ3n) is 4.52. The molecule has 2 N–H and O–H groups in total. The highest BCUT2D eigenvalue weighted by atomic mass is 32.2. The number of urea groups is 1. The quantitative estimate of drug-likeness (QED) is 0.841. The average molecular weight is 367 g/mol. The lowest BCUT2D eigenvalue weighted by atomic mass is 10.0. The second kappa shape index (κ2) is 7.61. The van der Waals surface area contributed by atoms with Gasteiger partial charge in [0.1, 0.15) is 13.2 Å². The van der Waals surface area contributed by atoms with Crippen LogP contribution in [0.1, 0.15) is 13.8 Å². The number of nitrogens with zero attached hydrogens (tertiary/aromatic N) is 1. The molecular formula is C17H25N3O4S. The number of rotatable bonds is 4. The maximum absolute atomic E-state index is 12.2. The van der Waals surface area contributed by atoms with Gasteiger partial charge in [0.15, 0.2) is 11.5 Å². The highest BCUT2D eigenvalue weighted by Gasteiger charge is 2.30. The Morgan fingerprint density at radius 1 is 1.20 bits per heavy atom. The molecule has 0 spiro atoms. The van der Waals surface area contributed by atoms with Crippen LogP contribution in [0.15, 0.2) is 18.2 Å². The molecular weight excluding hydrogens is 342 g/mol. The van der Waals surface area contributed by atoms with Gasteiger partial charge in [0.05, 0.1) is 0 Å². The number of fused-ring (bicyclic) bond motifs is 1. The fourth-order valence-electron chi connectivity index (χ4n) is 2.95. The topological polar surface area (TPSA) is 79.9 Å². The van der Waals surface area contributed by atoms with Gasteiger partial charge in [-0.3, -0.25) is 9.11 Å². The molecule has 0 radical (unpaired) electrons. The standard InChI is InChI=1S/C17H25N3O4S/c1-17(2,20-5-9-25(22)10-6-20)12-18-16(21)19-13-3-4-14-15(11-13)24-8-7-23-14/h3-4,11H,5-10,12H2,1-2H3,(H2,18,19,21). The minimum absolute atomic E-state index is 0.186. The van der Waals surface area contributed by atoms with Crippen molar-refractivity contribution in [3.05, 3.63) is 18.2 Å². The van der Waals surface area contributed by atoms with Crippen LogP contribution in [-0.4, -0.2) is 65.0 Å². The van der Waals surface area contributed by atoms with Crippen LogP contribution >= 0.6 is 0 Å². The predicted molar refractivity (Wildman–Crippen MR) is 98.0 cm³/mol. The van der Waals surface area contributed by atoms with Crippen LogP contribution in [0.25, 0.3) is 0 Å². The highest BCUT2D eigenvalue weighted by molar-refractivity contribution is 7.85. The maximum atomic E-state index is 12.2. The first-order valence-electron chi connectivity index (χ1n) is 8.48. The SMILES string of the molecule is CC(C)(CNC(=O)Nc1ccc2c(c1)OCCO2)N1CCS(=O)CC1. The summed E-state index contributed by atoms with van der Waals surface area (Å²) < 4.78 is 22.5. The van der Waals surface area contributed by atoms with E-state index < -0.39 is 10.8 Å². The van der Waals surface area contributed by atoms with Crippen molar-refractivity contribution in [1.82, 2.24) is 10.2 Å². The summed E-state index contributed by atoms with van der Waals surface area (Å²) in [6.45, 7) is 7.33. The molecule has 2 heterocycles. The minimum atomic E-state index is -0.700. The fraction of sp³-hybridized carbons (Fsp3) is 0.588. The molecule has 0 aromatic heterocycles. The van der Waals surface area contributed by atoms with Crippen molar-refractivity contribution >= 4 is 22.5 Å². The summed E-state index contributed by atoms with van der Waals surface area (Å²) >= 11 is 0. The molecule has 1 fully saturated rings. The Hall–Kier alpha value is -1.80. The van der Waals surface area contributed by atoms with Crippen molar-refractivity contribution in [2.24, 2.45) is 0 Å². The number of anilines is 1. The number of carbonyl (C=O) groups excluding carboxylic acids is 1. The number of carbonyl (C=O) groups is 1. The number of hydrogen-bond acceptors (Lipinski definition) is 5. The molecule has 7 nitrogen and oxygen atoms in total. The van der Waals surface area contributed by atoms with Crippen molar-refractivity contribution in [3.8, 4) is 11.5 Å². The van der Waals surface area contributed by atoms with Crippen molar-refractivity contribution in [3.63, 3.8) is 0 Å². The molecule has 2 amide bonds. The molecule has 25 heavy (non-hydrogen) atoms. The van der Waals surface area contributed by atoms with E-state index in [0.717, 1.165) is 13.1 Å². The first-order valence-corrected chi connectivity index (χ1v) is 9.97. The van der Waals surface area contributed by atoms with Gasteiger partial charge in [0.25, 0.3) is 0 Å². The molecule has 0 aliphatic carbocycles. The van der Waals surface area contributed by atoms with Crippen molar-refractivity contribution in [1.29, 1.82) is 0 Å². The van der Waals surface area contributed by atoms with E-state index in [9.17, 15) is 9.00 Å². The van der Waals surface area contributed by atoms with Crippen molar-refractivity contribution < 1.29 is 18.5 Å². The smallest absolute Gasteiger partial charge is 0.319 e. The van der Waals surface area contributed by atoms with Gasteiger partial charge in [0.2, 0.25) is 0 Å². The molecule has 8 heteroatoms. The molecule has 0 unspecified atom stereocenters. The number of nitrogens with one attached hydrogen (secondary N) is 2. The third kappa shape index (κ3) is 4.64. The van der Waals surface area contributed by atoms with Gasteiger partial charge in [-0.2, -0.15) is 0 Å². The largest absolute Gasteiger partial charge is 0.486 e. The van der Waals surface area contributed by atoms with Crippen LogP contribution in [0.4, 0.5) is 10.5 Å². The fourth-order valence-corrected chi connectivity index (χ4v) is 4.00. The van der Waals surface area contributed by atoms with Crippen LogP contribution in [0.5, 0.6) is 11.5 Å². The van der Waals surface area contributed by atoms with Crippen LogP contribution in [-0.2, 0) is 10.8 Å². The number of benzene rings is 1. The predicted octanol–water partition coefficient (Wildman–Crippen LogP) is 1.42. The summed E-state index contributed by atoms with van der Waals surface area (Å²) in [6, 6.07) is 5.09. The molecule has 0 bridgehead atoms. The molecule has 0 saturated carbocycles. The normalized spacial score (nSPS) is 18.6. The summed E-state index contributed by atoms with van der Waals surface area (Å²) in [7, 11) is -0.700. The van der Waals surface area contributed by atoms with Gasteiger partial charge >= 0.3 is 6.03 Å². The number of ether oxygens (including phenoxy) is 2.